The number of aryl methyl sites for hydroxylation is 1. The largest absolute Gasteiger partial charge is 0.494 e. The Hall–Kier alpha value is -2.27. The molecule has 2 heteroatoms. The van der Waals surface area contributed by atoms with Crippen molar-refractivity contribution < 1.29 is 4.74 Å². The highest BCUT2D eigenvalue weighted by molar-refractivity contribution is 5.34. The van der Waals surface area contributed by atoms with Gasteiger partial charge in [-0.05, 0) is 43.5 Å². The van der Waals surface area contributed by atoms with E-state index in [9.17, 15) is 5.26 Å². The van der Waals surface area contributed by atoms with Gasteiger partial charge >= 0.3 is 0 Å². The predicted molar refractivity (Wildman–Crippen MR) is 80.8 cm³/mol. The average Bonchev–Trinajstić information content (AvgIpc) is 2.48. The van der Waals surface area contributed by atoms with Crippen molar-refractivity contribution in [1.29, 1.82) is 5.26 Å². The van der Waals surface area contributed by atoms with Gasteiger partial charge in [-0.2, -0.15) is 5.26 Å². The summed E-state index contributed by atoms with van der Waals surface area (Å²) in [6.45, 7) is 4.69. The highest BCUT2D eigenvalue weighted by Gasteiger charge is 2.11. The third-order valence-corrected chi connectivity index (χ3v) is 3.31. The van der Waals surface area contributed by atoms with E-state index in [0.29, 0.717) is 6.61 Å². The fourth-order valence-corrected chi connectivity index (χ4v) is 2.16. The molecule has 1 atom stereocenters. The lowest BCUT2D eigenvalue weighted by atomic mass is 9.93. The molecule has 20 heavy (non-hydrogen) atoms. The minimum Gasteiger partial charge on any atom is -0.494 e. The zero-order valence-electron chi connectivity index (χ0n) is 12.0. The first kappa shape index (κ1) is 14.1. The van der Waals surface area contributed by atoms with E-state index in [0.717, 1.165) is 17.7 Å². The fourth-order valence-electron chi connectivity index (χ4n) is 2.16. The summed E-state index contributed by atoms with van der Waals surface area (Å²) in [4.78, 5) is 0. The average molecular weight is 265 g/mol. The molecule has 0 amide bonds. The van der Waals surface area contributed by atoms with Gasteiger partial charge in [-0.1, -0.05) is 42.0 Å². The minimum atomic E-state index is -0.117. The smallest absolute Gasteiger partial charge is 0.119 e. The maximum absolute atomic E-state index is 9.39. The Morgan fingerprint density at radius 2 is 1.70 bits per heavy atom. The van der Waals surface area contributed by atoms with E-state index in [1.165, 1.54) is 11.1 Å². The van der Waals surface area contributed by atoms with Crippen LogP contribution in [0, 0.1) is 18.3 Å². The van der Waals surface area contributed by atoms with Gasteiger partial charge in [0.25, 0.3) is 0 Å². The predicted octanol–water partition coefficient (Wildman–Crippen LogP) is 4.24. The van der Waals surface area contributed by atoms with Crippen molar-refractivity contribution in [1.82, 2.24) is 0 Å². The maximum atomic E-state index is 9.39. The van der Waals surface area contributed by atoms with Gasteiger partial charge in [-0.3, -0.25) is 0 Å². The molecule has 2 aromatic rings. The molecule has 102 valence electrons. The summed E-state index contributed by atoms with van der Waals surface area (Å²) in [6, 6.07) is 18.6. The van der Waals surface area contributed by atoms with E-state index in [1.807, 2.05) is 31.2 Å². The number of hydrogen-bond donors (Lipinski definition) is 0. The van der Waals surface area contributed by atoms with Crippen LogP contribution in [0.1, 0.15) is 29.5 Å². The van der Waals surface area contributed by atoms with Crippen molar-refractivity contribution in [2.45, 2.75) is 26.2 Å². The van der Waals surface area contributed by atoms with Crippen LogP contribution in [0.4, 0.5) is 0 Å². The highest BCUT2D eigenvalue weighted by atomic mass is 16.5. The zero-order valence-corrected chi connectivity index (χ0v) is 12.0. The molecule has 0 heterocycles. The molecule has 2 nitrogen and oxygen atoms in total. The van der Waals surface area contributed by atoms with E-state index in [1.54, 1.807) is 0 Å². The number of ether oxygens (including phenoxy) is 1. The fraction of sp³-hybridized carbons (Fsp3) is 0.278. The lowest BCUT2D eigenvalue weighted by Crippen LogP contribution is -2.01. The number of nitriles is 1. The second-order valence-corrected chi connectivity index (χ2v) is 4.87. The van der Waals surface area contributed by atoms with Crippen LogP contribution in [0.5, 0.6) is 5.75 Å². The first-order chi connectivity index (χ1) is 9.72. The molecule has 0 aliphatic heterocycles. The topological polar surface area (TPSA) is 33.0 Å². The Balaban J connectivity index is 2.11. The third kappa shape index (κ3) is 3.61. The Morgan fingerprint density at radius 3 is 2.25 bits per heavy atom. The molecule has 0 saturated heterocycles. The standard InChI is InChI=1S/C18H19NO/c1-3-20-18-10-8-16(9-11-18)17(13-19)12-15-6-4-14(2)5-7-15/h4-11,17H,3,12H2,1-2H3. The van der Waals surface area contributed by atoms with Crippen LogP contribution in [0.3, 0.4) is 0 Å². The molecular formula is C18H19NO. The summed E-state index contributed by atoms with van der Waals surface area (Å²) in [5.74, 6) is 0.733. The van der Waals surface area contributed by atoms with Crippen LogP contribution in [-0.4, -0.2) is 6.61 Å². The summed E-state index contributed by atoms with van der Waals surface area (Å²) in [7, 11) is 0. The summed E-state index contributed by atoms with van der Waals surface area (Å²) in [5, 5.41) is 9.39. The summed E-state index contributed by atoms with van der Waals surface area (Å²) in [6.07, 6.45) is 0.741. The first-order valence-electron chi connectivity index (χ1n) is 6.91. The van der Waals surface area contributed by atoms with Gasteiger partial charge in [0, 0.05) is 0 Å². The monoisotopic (exact) mass is 265 g/mol. The van der Waals surface area contributed by atoms with Crippen molar-refractivity contribution in [3.05, 3.63) is 65.2 Å². The summed E-state index contributed by atoms with van der Waals surface area (Å²) < 4.78 is 5.42. The Labute approximate surface area is 120 Å². The van der Waals surface area contributed by atoms with Crippen LogP contribution < -0.4 is 4.74 Å². The van der Waals surface area contributed by atoms with Crippen molar-refractivity contribution in [2.24, 2.45) is 0 Å². The van der Waals surface area contributed by atoms with Crippen LogP contribution in [0.15, 0.2) is 48.5 Å². The zero-order chi connectivity index (χ0) is 14.4. The normalized spacial score (nSPS) is 11.7. The van der Waals surface area contributed by atoms with E-state index in [-0.39, 0.29) is 5.92 Å². The minimum absolute atomic E-state index is 0.117. The first-order valence-corrected chi connectivity index (χ1v) is 6.91. The van der Waals surface area contributed by atoms with Gasteiger partial charge in [0.2, 0.25) is 0 Å². The maximum Gasteiger partial charge on any atom is 0.119 e. The van der Waals surface area contributed by atoms with Gasteiger partial charge in [0.05, 0.1) is 18.6 Å². The highest BCUT2D eigenvalue weighted by Crippen LogP contribution is 2.23. The molecule has 1 unspecified atom stereocenters. The van der Waals surface area contributed by atoms with E-state index >= 15 is 0 Å². The van der Waals surface area contributed by atoms with Crippen LogP contribution >= 0.6 is 0 Å². The number of rotatable bonds is 5. The van der Waals surface area contributed by atoms with Crippen LogP contribution in [0.2, 0.25) is 0 Å². The molecule has 0 spiro atoms. The Morgan fingerprint density at radius 1 is 1.05 bits per heavy atom. The molecule has 0 fully saturated rings. The second-order valence-electron chi connectivity index (χ2n) is 4.87. The third-order valence-electron chi connectivity index (χ3n) is 3.31. The van der Waals surface area contributed by atoms with Gasteiger partial charge in [-0.15, -0.1) is 0 Å². The Kier molecular flexibility index (Phi) is 4.79. The molecule has 2 rings (SSSR count). The number of benzene rings is 2. The molecule has 0 aliphatic carbocycles. The summed E-state index contributed by atoms with van der Waals surface area (Å²) in [5.41, 5.74) is 3.47. The van der Waals surface area contributed by atoms with Crippen molar-refractivity contribution in [3.8, 4) is 11.8 Å². The second kappa shape index (κ2) is 6.77. The van der Waals surface area contributed by atoms with Gasteiger partial charge in [0.1, 0.15) is 5.75 Å². The molecular weight excluding hydrogens is 246 g/mol. The molecule has 0 bridgehead atoms. The lowest BCUT2D eigenvalue weighted by Gasteiger charge is -2.11. The van der Waals surface area contributed by atoms with E-state index in [4.69, 9.17) is 4.74 Å². The van der Waals surface area contributed by atoms with Crippen LogP contribution in [0.25, 0.3) is 0 Å². The van der Waals surface area contributed by atoms with Crippen molar-refractivity contribution in [3.63, 3.8) is 0 Å². The molecule has 0 aromatic heterocycles. The van der Waals surface area contributed by atoms with E-state index in [2.05, 4.69) is 37.3 Å². The quantitative estimate of drug-likeness (QED) is 0.810. The Bertz CT molecular complexity index is 578. The number of hydrogen-bond acceptors (Lipinski definition) is 2. The van der Waals surface area contributed by atoms with Crippen LogP contribution in [-0.2, 0) is 6.42 Å². The van der Waals surface area contributed by atoms with Gasteiger partial charge in [0.15, 0.2) is 0 Å². The summed E-state index contributed by atoms with van der Waals surface area (Å²) >= 11 is 0. The van der Waals surface area contributed by atoms with Crippen molar-refractivity contribution in [2.75, 3.05) is 6.61 Å². The molecule has 0 aliphatic rings. The molecule has 0 N–H and O–H groups in total. The van der Waals surface area contributed by atoms with Gasteiger partial charge in [-0.25, -0.2) is 0 Å². The number of nitrogens with zero attached hydrogens (tertiary/aromatic N) is 1. The van der Waals surface area contributed by atoms with Crippen molar-refractivity contribution >= 4 is 0 Å². The molecule has 0 radical (unpaired) electrons. The van der Waals surface area contributed by atoms with E-state index < -0.39 is 0 Å². The molecule has 2 aromatic carbocycles. The SMILES string of the molecule is CCOc1ccc(C(C#N)Cc2ccc(C)cc2)cc1. The van der Waals surface area contributed by atoms with Gasteiger partial charge < -0.3 is 4.74 Å². The lowest BCUT2D eigenvalue weighted by molar-refractivity contribution is 0.340. The molecule has 0 saturated carbocycles.